The molecule has 1 aliphatic carbocycles. The third-order valence-corrected chi connectivity index (χ3v) is 3.97. The molecule has 1 aliphatic rings. The molecular formula is C12H16N2O2S. The van der Waals surface area contributed by atoms with Gasteiger partial charge in [0.1, 0.15) is 5.78 Å². The lowest BCUT2D eigenvalue weighted by Gasteiger charge is -2.19. The molecule has 0 amide bonds. The molecule has 0 bridgehead atoms. The van der Waals surface area contributed by atoms with Crippen LogP contribution in [-0.4, -0.2) is 21.5 Å². The third kappa shape index (κ3) is 3.70. The van der Waals surface area contributed by atoms with Crippen LogP contribution in [0.15, 0.2) is 22.2 Å². The number of H-pyrrole nitrogens is 1. The highest BCUT2D eigenvalue weighted by atomic mass is 32.2. The highest BCUT2D eigenvalue weighted by Gasteiger charge is 2.20. The number of aromatic amines is 1. The van der Waals surface area contributed by atoms with Crippen LogP contribution in [0.25, 0.3) is 0 Å². The maximum atomic E-state index is 11.9. The quantitative estimate of drug-likeness (QED) is 0.657. The van der Waals surface area contributed by atoms with Crippen molar-refractivity contribution in [1.82, 2.24) is 9.97 Å². The van der Waals surface area contributed by atoms with E-state index in [0.717, 1.165) is 12.8 Å². The topological polar surface area (TPSA) is 62.8 Å². The Morgan fingerprint density at radius 1 is 1.41 bits per heavy atom. The molecule has 17 heavy (non-hydrogen) atoms. The van der Waals surface area contributed by atoms with Crippen molar-refractivity contribution in [2.75, 3.05) is 5.75 Å². The lowest BCUT2D eigenvalue weighted by Crippen LogP contribution is -2.19. The zero-order valence-corrected chi connectivity index (χ0v) is 10.5. The van der Waals surface area contributed by atoms with Gasteiger partial charge in [0.2, 0.25) is 0 Å². The van der Waals surface area contributed by atoms with Crippen molar-refractivity contribution in [1.29, 1.82) is 0 Å². The van der Waals surface area contributed by atoms with E-state index in [1.807, 2.05) is 0 Å². The molecule has 5 heteroatoms. The van der Waals surface area contributed by atoms with Crippen LogP contribution in [0.1, 0.15) is 32.1 Å². The summed E-state index contributed by atoms with van der Waals surface area (Å²) >= 11 is 1.32. The number of carbonyl (C=O) groups excluding carboxylic acids is 1. The zero-order chi connectivity index (χ0) is 12.1. The number of hydrogen-bond donors (Lipinski definition) is 1. The molecule has 0 atom stereocenters. The Morgan fingerprint density at radius 2 is 2.18 bits per heavy atom. The lowest BCUT2D eigenvalue weighted by molar-refractivity contribution is -0.121. The molecule has 0 spiro atoms. The van der Waals surface area contributed by atoms with Crippen LogP contribution in [0.2, 0.25) is 0 Å². The van der Waals surface area contributed by atoms with Crippen LogP contribution < -0.4 is 5.56 Å². The number of thioether (sulfide) groups is 1. The van der Waals surface area contributed by atoms with Gasteiger partial charge in [-0.2, -0.15) is 0 Å². The Kier molecular flexibility index (Phi) is 4.36. The normalized spacial score (nSPS) is 16.9. The standard InChI is InChI=1S/C12H16N2O2S/c15-10(9-4-2-1-3-5-9)8-17-12-13-7-6-11(16)14-12/h6-7,9H,1-5,8H2,(H,13,14,16). The molecule has 1 heterocycles. The fourth-order valence-electron chi connectivity index (χ4n) is 2.11. The summed E-state index contributed by atoms with van der Waals surface area (Å²) in [6.07, 6.45) is 7.11. The Balaban J connectivity index is 1.85. The predicted molar refractivity (Wildman–Crippen MR) is 67.2 cm³/mol. The monoisotopic (exact) mass is 252 g/mol. The first-order valence-corrected chi connectivity index (χ1v) is 6.95. The number of nitrogens with zero attached hydrogens (tertiary/aromatic N) is 1. The summed E-state index contributed by atoms with van der Waals surface area (Å²) in [5, 5.41) is 0.529. The minimum absolute atomic E-state index is 0.174. The molecule has 1 fully saturated rings. The molecule has 1 N–H and O–H groups in total. The summed E-state index contributed by atoms with van der Waals surface area (Å²) in [6.45, 7) is 0. The highest BCUT2D eigenvalue weighted by molar-refractivity contribution is 7.99. The van der Waals surface area contributed by atoms with Crippen LogP contribution >= 0.6 is 11.8 Å². The van der Waals surface area contributed by atoms with Gasteiger partial charge in [0.05, 0.1) is 5.75 Å². The third-order valence-electron chi connectivity index (χ3n) is 3.06. The van der Waals surface area contributed by atoms with Crippen molar-refractivity contribution in [3.05, 3.63) is 22.6 Å². The fourth-order valence-corrected chi connectivity index (χ4v) is 2.93. The number of ketones is 1. The summed E-state index contributed by atoms with van der Waals surface area (Å²) in [5.74, 6) is 0.935. The summed E-state index contributed by atoms with van der Waals surface area (Å²) in [6, 6.07) is 1.37. The minimum atomic E-state index is -0.174. The van der Waals surface area contributed by atoms with Gasteiger partial charge in [-0.1, -0.05) is 31.0 Å². The molecular weight excluding hydrogens is 236 g/mol. The van der Waals surface area contributed by atoms with E-state index in [9.17, 15) is 9.59 Å². The summed E-state index contributed by atoms with van der Waals surface area (Å²) < 4.78 is 0. The average molecular weight is 252 g/mol. The molecule has 0 aliphatic heterocycles. The molecule has 1 aromatic rings. The van der Waals surface area contributed by atoms with Crippen molar-refractivity contribution in [3.63, 3.8) is 0 Å². The van der Waals surface area contributed by atoms with Gasteiger partial charge in [0.15, 0.2) is 5.16 Å². The molecule has 0 unspecified atom stereocenters. The van der Waals surface area contributed by atoms with Gasteiger partial charge in [0.25, 0.3) is 5.56 Å². The number of hydrogen-bond acceptors (Lipinski definition) is 4. The Hall–Kier alpha value is -1.10. The van der Waals surface area contributed by atoms with Crippen LogP contribution in [0, 0.1) is 5.92 Å². The molecule has 0 saturated heterocycles. The van der Waals surface area contributed by atoms with E-state index in [1.54, 1.807) is 0 Å². The van der Waals surface area contributed by atoms with E-state index >= 15 is 0 Å². The molecule has 1 saturated carbocycles. The maximum Gasteiger partial charge on any atom is 0.251 e. The van der Waals surface area contributed by atoms with Crippen LogP contribution in [0.3, 0.4) is 0 Å². The number of aromatic nitrogens is 2. The second-order valence-corrected chi connectivity index (χ2v) is 5.29. The largest absolute Gasteiger partial charge is 0.301 e. The highest BCUT2D eigenvalue weighted by Crippen LogP contribution is 2.26. The van der Waals surface area contributed by atoms with Crippen molar-refractivity contribution < 1.29 is 4.79 Å². The van der Waals surface area contributed by atoms with E-state index in [2.05, 4.69) is 9.97 Å². The van der Waals surface area contributed by atoms with Gasteiger partial charge >= 0.3 is 0 Å². The van der Waals surface area contributed by atoms with Crippen LogP contribution in [0.5, 0.6) is 0 Å². The average Bonchev–Trinajstić information content (AvgIpc) is 2.37. The van der Waals surface area contributed by atoms with E-state index in [0.29, 0.717) is 16.7 Å². The smallest absolute Gasteiger partial charge is 0.251 e. The number of rotatable bonds is 4. The Labute approximate surface area is 104 Å². The predicted octanol–water partition coefficient (Wildman–Crippen LogP) is 2.01. The minimum Gasteiger partial charge on any atom is -0.301 e. The van der Waals surface area contributed by atoms with Crippen molar-refractivity contribution in [3.8, 4) is 0 Å². The number of nitrogens with one attached hydrogen (secondary N) is 1. The summed E-state index contributed by atoms with van der Waals surface area (Å²) in [4.78, 5) is 29.6. The van der Waals surface area contributed by atoms with Crippen LogP contribution in [-0.2, 0) is 4.79 Å². The molecule has 2 rings (SSSR count). The molecule has 1 aromatic heterocycles. The summed E-state index contributed by atoms with van der Waals surface area (Å²) in [7, 11) is 0. The van der Waals surface area contributed by atoms with Crippen LogP contribution in [0.4, 0.5) is 0 Å². The second-order valence-electron chi connectivity index (χ2n) is 4.33. The van der Waals surface area contributed by atoms with Crippen molar-refractivity contribution >= 4 is 17.5 Å². The van der Waals surface area contributed by atoms with Crippen molar-refractivity contribution in [2.45, 2.75) is 37.3 Å². The maximum absolute atomic E-state index is 11.9. The van der Waals surface area contributed by atoms with E-state index in [-0.39, 0.29) is 11.5 Å². The van der Waals surface area contributed by atoms with Gasteiger partial charge in [-0.15, -0.1) is 0 Å². The SMILES string of the molecule is O=C(CSc1nccc(=O)[nH]1)C1CCCCC1. The molecule has 4 nitrogen and oxygen atoms in total. The summed E-state index contributed by atoms with van der Waals surface area (Å²) in [5.41, 5.74) is -0.174. The van der Waals surface area contributed by atoms with E-state index in [4.69, 9.17) is 0 Å². The zero-order valence-electron chi connectivity index (χ0n) is 9.65. The van der Waals surface area contributed by atoms with Gasteiger partial charge in [-0.3, -0.25) is 9.59 Å². The Bertz CT molecular complexity index is 438. The number of Topliss-reactive ketones (excluding diaryl/α,β-unsaturated/α-hetero) is 1. The van der Waals surface area contributed by atoms with E-state index < -0.39 is 0 Å². The van der Waals surface area contributed by atoms with Gasteiger partial charge in [0, 0.05) is 18.2 Å². The molecule has 92 valence electrons. The number of carbonyl (C=O) groups is 1. The first kappa shape index (κ1) is 12.4. The Morgan fingerprint density at radius 3 is 2.88 bits per heavy atom. The molecule has 0 radical (unpaired) electrons. The van der Waals surface area contributed by atoms with Gasteiger partial charge in [-0.05, 0) is 12.8 Å². The van der Waals surface area contributed by atoms with Gasteiger partial charge < -0.3 is 4.98 Å². The second kappa shape index (κ2) is 6.00. The van der Waals surface area contributed by atoms with Gasteiger partial charge in [-0.25, -0.2) is 4.98 Å². The molecule has 0 aromatic carbocycles. The van der Waals surface area contributed by atoms with E-state index in [1.165, 1.54) is 43.3 Å². The lowest BCUT2D eigenvalue weighted by atomic mass is 9.87. The first-order chi connectivity index (χ1) is 8.25. The first-order valence-electron chi connectivity index (χ1n) is 5.96. The van der Waals surface area contributed by atoms with Crippen molar-refractivity contribution in [2.24, 2.45) is 5.92 Å². The fraction of sp³-hybridized carbons (Fsp3) is 0.583.